The monoisotopic (exact) mass is 316 g/mol. The molecule has 98 valence electrons. The molecule has 3 heteroatoms. The maximum Gasteiger partial charge on any atom is 0.0437 e. The minimum atomic E-state index is 0.852. The topological polar surface area (TPSA) is 29.3 Å². The molecule has 0 amide bonds. The van der Waals surface area contributed by atoms with Crippen molar-refractivity contribution in [1.82, 2.24) is 0 Å². The number of nitrogens with zero attached hydrogens (tertiary/aromatic N) is 1. The van der Waals surface area contributed by atoms with Crippen molar-refractivity contribution in [2.45, 2.75) is 26.9 Å². The van der Waals surface area contributed by atoms with Gasteiger partial charge in [-0.1, -0.05) is 22.0 Å². The molecule has 2 N–H and O–H groups in total. The summed E-state index contributed by atoms with van der Waals surface area (Å²) in [5, 5.41) is 0. The van der Waals surface area contributed by atoms with E-state index in [1.54, 1.807) is 0 Å². The van der Waals surface area contributed by atoms with Gasteiger partial charge in [-0.25, -0.2) is 0 Å². The van der Waals surface area contributed by atoms with Crippen LogP contribution in [0.4, 0.5) is 11.4 Å². The first kappa shape index (κ1) is 12.5. The molecule has 0 aromatic heterocycles. The van der Waals surface area contributed by atoms with Crippen molar-refractivity contribution in [3.8, 4) is 0 Å². The number of benzene rings is 2. The first-order chi connectivity index (χ1) is 9.04. The van der Waals surface area contributed by atoms with Crippen molar-refractivity contribution < 1.29 is 0 Å². The zero-order chi connectivity index (χ0) is 13.6. The molecule has 0 saturated heterocycles. The van der Waals surface area contributed by atoms with E-state index in [1.807, 2.05) is 6.07 Å². The van der Waals surface area contributed by atoms with E-state index in [2.05, 4.69) is 58.9 Å². The lowest BCUT2D eigenvalue weighted by Gasteiger charge is -2.23. The number of halogens is 1. The highest BCUT2D eigenvalue weighted by Gasteiger charge is 2.21. The lowest BCUT2D eigenvalue weighted by atomic mass is 10.1. The summed E-state index contributed by atoms with van der Waals surface area (Å²) in [7, 11) is 0. The highest BCUT2D eigenvalue weighted by atomic mass is 79.9. The molecule has 0 atom stereocenters. The van der Waals surface area contributed by atoms with Gasteiger partial charge in [0.05, 0.1) is 0 Å². The summed E-state index contributed by atoms with van der Waals surface area (Å²) in [6, 6.07) is 10.6. The van der Waals surface area contributed by atoms with Crippen molar-refractivity contribution in [3.63, 3.8) is 0 Å². The highest BCUT2D eigenvalue weighted by Crippen LogP contribution is 2.35. The fourth-order valence-electron chi connectivity index (χ4n) is 2.97. The Bertz CT molecular complexity index is 626. The summed E-state index contributed by atoms with van der Waals surface area (Å²) in [5.41, 5.74) is 13.4. The lowest BCUT2D eigenvalue weighted by molar-refractivity contribution is 0.869. The number of nitrogens with two attached hydrogens (primary N) is 1. The van der Waals surface area contributed by atoms with Gasteiger partial charge in [0.2, 0.25) is 0 Å². The van der Waals surface area contributed by atoms with Crippen LogP contribution < -0.4 is 10.6 Å². The van der Waals surface area contributed by atoms with Crippen LogP contribution in [0.25, 0.3) is 0 Å². The smallest absolute Gasteiger partial charge is 0.0437 e. The van der Waals surface area contributed by atoms with Crippen molar-refractivity contribution >= 4 is 27.3 Å². The molecule has 2 nitrogen and oxygen atoms in total. The summed E-state index contributed by atoms with van der Waals surface area (Å²) in [6.45, 7) is 6.26. The van der Waals surface area contributed by atoms with Crippen LogP contribution >= 0.6 is 15.9 Å². The van der Waals surface area contributed by atoms with Gasteiger partial charge < -0.3 is 10.6 Å². The molecule has 0 aliphatic carbocycles. The summed E-state index contributed by atoms with van der Waals surface area (Å²) < 4.78 is 1.15. The van der Waals surface area contributed by atoms with Crippen molar-refractivity contribution in [1.29, 1.82) is 0 Å². The minimum absolute atomic E-state index is 0.852. The molecule has 0 unspecified atom stereocenters. The van der Waals surface area contributed by atoms with Crippen LogP contribution in [0.2, 0.25) is 0 Å². The first-order valence-electron chi connectivity index (χ1n) is 6.43. The summed E-state index contributed by atoms with van der Waals surface area (Å²) in [6.07, 6.45) is 0. The Labute approximate surface area is 122 Å². The molecule has 1 aliphatic heterocycles. The van der Waals surface area contributed by atoms with Crippen molar-refractivity contribution in [2.75, 3.05) is 10.6 Å². The second-order valence-electron chi connectivity index (χ2n) is 5.27. The van der Waals surface area contributed by atoms with E-state index in [4.69, 9.17) is 5.73 Å². The van der Waals surface area contributed by atoms with Gasteiger partial charge in [0.1, 0.15) is 0 Å². The number of nitrogen functional groups attached to an aromatic ring is 1. The molecule has 2 aromatic carbocycles. The fraction of sp³-hybridized carbons (Fsp3) is 0.250. The summed E-state index contributed by atoms with van der Waals surface area (Å²) in [4.78, 5) is 2.43. The van der Waals surface area contributed by atoms with Crippen LogP contribution in [-0.2, 0) is 13.1 Å². The quantitative estimate of drug-likeness (QED) is 0.800. The molecule has 0 bridgehead atoms. The van der Waals surface area contributed by atoms with Gasteiger partial charge in [0.25, 0.3) is 0 Å². The third-order valence-corrected chi connectivity index (χ3v) is 4.18. The molecule has 2 aromatic rings. The molecule has 0 saturated carbocycles. The molecular weight excluding hydrogens is 300 g/mol. The maximum atomic E-state index is 5.87. The molecule has 0 spiro atoms. The van der Waals surface area contributed by atoms with Gasteiger partial charge in [-0.05, 0) is 60.4 Å². The van der Waals surface area contributed by atoms with Gasteiger partial charge in [0.15, 0.2) is 0 Å². The average Bonchev–Trinajstić information content (AvgIpc) is 2.69. The Kier molecular flexibility index (Phi) is 3.02. The van der Waals surface area contributed by atoms with Gasteiger partial charge in [-0.3, -0.25) is 0 Å². The second kappa shape index (κ2) is 4.57. The molecular formula is C16H17BrN2. The van der Waals surface area contributed by atoms with Gasteiger partial charge >= 0.3 is 0 Å². The van der Waals surface area contributed by atoms with E-state index in [-0.39, 0.29) is 0 Å². The van der Waals surface area contributed by atoms with E-state index in [0.29, 0.717) is 0 Å². The molecule has 3 rings (SSSR count). The number of rotatable bonds is 1. The molecule has 0 fully saturated rings. The average molecular weight is 317 g/mol. The van der Waals surface area contributed by atoms with Crippen LogP contribution in [0.3, 0.4) is 0 Å². The Balaban J connectivity index is 1.99. The lowest BCUT2D eigenvalue weighted by Crippen LogP contribution is -2.17. The van der Waals surface area contributed by atoms with Gasteiger partial charge in [-0.15, -0.1) is 0 Å². The summed E-state index contributed by atoms with van der Waals surface area (Å²) in [5.74, 6) is 0. The van der Waals surface area contributed by atoms with E-state index in [1.165, 1.54) is 27.9 Å². The predicted molar refractivity (Wildman–Crippen MR) is 84.4 cm³/mol. The van der Waals surface area contributed by atoms with Crippen molar-refractivity contribution in [2.24, 2.45) is 0 Å². The highest BCUT2D eigenvalue weighted by molar-refractivity contribution is 9.10. The molecule has 0 radical (unpaired) electrons. The maximum absolute atomic E-state index is 5.87. The summed E-state index contributed by atoms with van der Waals surface area (Å²) >= 11 is 3.56. The van der Waals surface area contributed by atoms with Crippen LogP contribution in [0.15, 0.2) is 34.8 Å². The SMILES string of the molecule is Cc1cc(Br)cc(C)c1N1Cc2ccc(N)cc2C1. The zero-order valence-corrected chi connectivity index (χ0v) is 12.8. The Morgan fingerprint density at radius 1 is 1.00 bits per heavy atom. The predicted octanol–water partition coefficient (Wildman–Crippen LogP) is 4.17. The number of anilines is 2. The fourth-order valence-corrected chi connectivity index (χ4v) is 3.66. The zero-order valence-electron chi connectivity index (χ0n) is 11.2. The minimum Gasteiger partial charge on any atom is -0.399 e. The first-order valence-corrected chi connectivity index (χ1v) is 7.23. The van der Waals surface area contributed by atoms with Crippen LogP contribution in [0.5, 0.6) is 0 Å². The van der Waals surface area contributed by atoms with E-state index < -0.39 is 0 Å². The third-order valence-electron chi connectivity index (χ3n) is 3.72. The second-order valence-corrected chi connectivity index (χ2v) is 6.19. The van der Waals surface area contributed by atoms with Crippen LogP contribution in [0, 0.1) is 13.8 Å². The van der Waals surface area contributed by atoms with E-state index in [0.717, 1.165) is 23.2 Å². The number of hydrogen-bond donors (Lipinski definition) is 1. The number of fused-ring (bicyclic) bond motifs is 1. The van der Waals surface area contributed by atoms with Crippen LogP contribution in [-0.4, -0.2) is 0 Å². The van der Waals surface area contributed by atoms with E-state index in [9.17, 15) is 0 Å². The van der Waals surface area contributed by atoms with Crippen molar-refractivity contribution in [3.05, 3.63) is 57.1 Å². The largest absolute Gasteiger partial charge is 0.399 e. The number of hydrogen-bond acceptors (Lipinski definition) is 2. The normalized spacial score (nSPS) is 13.7. The Hall–Kier alpha value is -1.48. The number of aryl methyl sites for hydroxylation is 2. The third kappa shape index (κ3) is 2.23. The standard InChI is InChI=1S/C16H17BrN2/c1-10-5-14(17)6-11(2)16(10)19-8-12-3-4-15(18)7-13(12)9-19/h3-7H,8-9,18H2,1-2H3. The van der Waals surface area contributed by atoms with Gasteiger partial charge in [-0.2, -0.15) is 0 Å². The van der Waals surface area contributed by atoms with Gasteiger partial charge in [0, 0.05) is 28.9 Å². The molecule has 19 heavy (non-hydrogen) atoms. The molecule has 1 aliphatic rings. The van der Waals surface area contributed by atoms with Crippen LogP contribution in [0.1, 0.15) is 22.3 Å². The van der Waals surface area contributed by atoms with E-state index >= 15 is 0 Å². The molecule has 1 heterocycles. The Morgan fingerprint density at radius 2 is 1.63 bits per heavy atom. The Morgan fingerprint density at radius 3 is 2.32 bits per heavy atom.